The Kier molecular flexibility index (Phi) is 5.68. The molecule has 0 bridgehead atoms. The van der Waals surface area contributed by atoms with E-state index in [0.29, 0.717) is 34.6 Å². The predicted octanol–water partition coefficient (Wildman–Crippen LogP) is 2.51. The topological polar surface area (TPSA) is 117 Å². The lowest BCUT2D eigenvalue weighted by Gasteiger charge is -2.17. The maximum absolute atomic E-state index is 12.7. The Labute approximate surface area is 180 Å². The number of benzene rings is 1. The molecule has 1 saturated carbocycles. The number of ether oxygens (including phenoxy) is 3. The third-order valence-corrected chi connectivity index (χ3v) is 6.25. The van der Waals surface area contributed by atoms with Crippen molar-refractivity contribution >= 4 is 16.0 Å². The minimum Gasteiger partial charge on any atom is -0.494 e. The summed E-state index contributed by atoms with van der Waals surface area (Å²) in [6.45, 7) is 0. The molecule has 1 aliphatic carbocycles. The summed E-state index contributed by atoms with van der Waals surface area (Å²) in [5.74, 6) is 1.81. The number of hydrogen-bond donors (Lipinski definition) is 1. The van der Waals surface area contributed by atoms with E-state index in [4.69, 9.17) is 14.2 Å². The number of rotatable bonds is 9. The fourth-order valence-electron chi connectivity index (χ4n) is 3.21. The summed E-state index contributed by atoms with van der Waals surface area (Å²) in [5.41, 5.74) is 0.883. The minimum atomic E-state index is -3.62. The molecular weight excluding hydrogens is 422 g/mol. The molecule has 10 nitrogen and oxygen atoms in total. The van der Waals surface area contributed by atoms with Gasteiger partial charge in [0.25, 0.3) is 0 Å². The third-order valence-electron chi connectivity index (χ3n) is 4.85. The van der Waals surface area contributed by atoms with E-state index in [1.54, 1.807) is 36.4 Å². The number of pyridine rings is 1. The van der Waals surface area contributed by atoms with Crippen molar-refractivity contribution in [2.24, 2.45) is 5.92 Å². The summed E-state index contributed by atoms with van der Waals surface area (Å²) in [5, 5.41) is 8.34. The maximum atomic E-state index is 12.7. The highest BCUT2D eigenvalue weighted by atomic mass is 32.2. The van der Waals surface area contributed by atoms with Crippen molar-refractivity contribution < 1.29 is 22.6 Å². The number of anilines is 1. The van der Waals surface area contributed by atoms with Crippen LogP contribution in [0.5, 0.6) is 17.4 Å². The van der Waals surface area contributed by atoms with Crippen LogP contribution in [0.4, 0.5) is 5.95 Å². The number of para-hydroxylation sites is 1. The monoisotopic (exact) mass is 445 g/mol. The molecule has 31 heavy (non-hydrogen) atoms. The van der Waals surface area contributed by atoms with E-state index in [1.807, 2.05) is 0 Å². The fraction of sp³-hybridized carbons (Fsp3) is 0.350. The van der Waals surface area contributed by atoms with Crippen molar-refractivity contribution in [1.29, 1.82) is 0 Å². The maximum Gasteiger partial charge on any atom is 0.243 e. The van der Waals surface area contributed by atoms with Gasteiger partial charge in [0.05, 0.1) is 27.1 Å². The summed E-state index contributed by atoms with van der Waals surface area (Å²) in [4.78, 5) is 4.42. The quantitative estimate of drug-likeness (QED) is 0.534. The van der Waals surface area contributed by atoms with E-state index >= 15 is 0 Å². The largest absolute Gasteiger partial charge is 0.494 e. The smallest absolute Gasteiger partial charge is 0.243 e. The van der Waals surface area contributed by atoms with Crippen molar-refractivity contribution in [1.82, 2.24) is 19.7 Å². The van der Waals surface area contributed by atoms with E-state index in [-0.39, 0.29) is 17.6 Å². The molecule has 2 heterocycles. The molecule has 11 heteroatoms. The van der Waals surface area contributed by atoms with Crippen molar-refractivity contribution in [2.45, 2.75) is 12.8 Å². The van der Waals surface area contributed by atoms with Gasteiger partial charge in [-0.3, -0.25) is 9.29 Å². The SMILES string of the molecule is COc1cccc(-c2nnc(NS(=O)(=O)CC3CC3)n2-c2c(OC)cccc2OC)n1. The number of nitrogens with zero attached hydrogens (tertiary/aromatic N) is 4. The molecule has 0 atom stereocenters. The van der Waals surface area contributed by atoms with Crippen LogP contribution in [-0.2, 0) is 10.0 Å². The fourth-order valence-corrected chi connectivity index (χ4v) is 4.66. The summed E-state index contributed by atoms with van der Waals surface area (Å²) < 4.78 is 45.8. The van der Waals surface area contributed by atoms with Crippen molar-refractivity contribution in [3.8, 4) is 34.6 Å². The zero-order valence-electron chi connectivity index (χ0n) is 17.4. The van der Waals surface area contributed by atoms with Crippen LogP contribution in [0.3, 0.4) is 0 Å². The third kappa shape index (κ3) is 4.41. The molecule has 0 spiro atoms. The summed E-state index contributed by atoms with van der Waals surface area (Å²) in [6, 6.07) is 10.4. The highest BCUT2D eigenvalue weighted by molar-refractivity contribution is 7.92. The first-order valence-corrected chi connectivity index (χ1v) is 11.3. The van der Waals surface area contributed by atoms with Gasteiger partial charge in [-0.25, -0.2) is 13.4 Å². The second-order valence-corrected chi connectivity index (χ2v) is 8.85. The Balaban J connectivity index is 1.91. The Morgan fingerprint density at radius 3 is 2.29 bits per heavy atom. The molecular formula is C20H23N5O5S. The Hall–Kier alpha value is -3.34. The molecule has 1 fully saturated rings. The second-order valence-electron chi connectivity index (χ2n) is 7.09. The Bertz CT molecular complexity index is 1170. The van der Waals surface area contributed by atoms with Gasteiger partial charge in [0, 0.05) is 6.07 Å². The van der Waals surface area contributed by atoms with Gasteiger partial charge < -0.3 is 14.2 Å². The second kappa shape index (κ2) is 8.42. The average molecular weight is 446 g/mol. The van der Waals surface area contributed by atoms with Crippen molar-refractivity contribution in [2.75, 3.05) is 31.8 Å². The van der Waals surface area contributed by atoms with E-state index in [9.17, 15) is 8.42 Å². The van der Waals surface area contributed by atoms with Crippen LogP contribution >= 0.6 is 0 Å². The highest BCUT2D eigenvalue weighted by Gasteiger charge is 2.30. The molecule has 1 aromatic carbocycles. The lowest BCUT2D eigenvalue weighted by molar-refractivity contribution is 0.391. The Morgan fingerprint density at radius 1 is 1.00 bits per heavy atom. The van der Waals surface area contributed by atoms with Crippen LogP contribution < -0.4 is 18.9 Å². The van der Waals surface area contributed by atoms with Crippen LogP contribution in [0.2, 0.25) is 0 Å². The van der Waals surface area contributed by atoms with Gasteiger partial charge in [0.2, 0.25) is 21.9 Å². The molecule has 0 radical (unpaired) electrons. The molecule has 164 valence electrons. The van der Waals surface area contributed by atoms with E-state index in [2.05, 4.69) is 19.9 Å². The normalized spacial score (nSPS) is 13.6. The average Bonchev–Trinajstić information content (AvgIpc) is 3.49. The zero-order valence-corrected chi connectivity index (χ0v) is 18.2. The van der Waals surface area contributed by atoms with Gasteiger partial charge in [-0.05, 0) is 37.0 Å². The van der Waals surface area contributed by atoms with Gasteiger partial charge in [0.15, 0.2) is 5.82 Å². The highest BCUT2D eigenvalue weighted by Crippen LogP contribution is 2.38. The number of nitrogens with one attached hydrogen (secondary N) is 1. The summed E-state index contributed by atoms with van der Waals surface area (Å²) in [7, 11) is 0.922. The van der Waals surface area contributed by atoms with Crippen LogP contribution in [0.25, 0.3) is 17.2 Å². The van der Waals surface area contributed by atoms with Gasteiger partial charge in [-0.2, -0.15) is 0 Å². The van der Waals surface area contributed by atoms with Crippen LogP contribution in [0.1, 0.15) is 12.8 Å². The van der Waals surface area contributed by atoms with Crippen LogP contribution in [-0.4, -0.2) is 55.2 Å². The molecule has 1 aliphatic rings. The lowest BCUT2D eigenvalue weighted by atomic mass is 10.2. The van der Waals surface area contributed by atoms with Gasteiger partial charge in [-0.15, -0.1) is 10.2 Å². The number of methoxy groups -OCH3 is 3. The molecule has 1 N–H and O–H groups in total. The molecule has 2 aromatic heterocycles. The first kappa shape index (κ1) is 20.9. The zero-order chi connectivity index (χ0) is 22.0. The number of aromatic nitrogens is 4. The van der Waals surface area contributed by atoms with Crippen molar-refractivity contribution in [3.05, 3.63) is 36.4 Å². The van der Waals surface area contributed by atoms with Gasteiger partial charge in [0.1, 0.15) is 22.9 Å². The first-order chi connectivity index (χ1) is 15.0. The molecule has 0 amide bonds. The van der Waals surface area contributed by atoms with Crippen LogP contribution in [0.15, 0.2) is 36.4 Å². The van der Waals surface area contributed by atoms with Gasteiger partial charge in [-0.1, -0.05) is 12.1 Å². The lowest BCUT2D eigenvalue weighted by Crippen LogP contribution is -2.20. The standard InChI is InChI=1S/C20H23N5O5S/c1-28-15-7-5-8-16(29-2)18(15)25-19(14-6-4-9-17(21-14)30-3)22-23-20(25)24-31(26,27)12-13-10-11-13/h4-9,13H,10-12H2,1-3H3,(H,23,24). The predicted molar refractivity (Wildman–Crippen MR) is 114 cm³/mol. The first-order valence-electron chi connectivity index (χ1n) is 9.64. The molecule has 0 unspecified atom stereocenters. The molecule has 0 saturated heterocycles. The van der Waals surface area contributed by atoms with E-state index in [1.165, 1.54) is 25.9 Å². The molecule has 4 rings (SSSR count). The van der Waals surface area contributed by atoms with Crippen LogP contribution in [0, 0.1) is 5.92 Å². The minimum absolute atomic E-state index is 0.0167. The van der Waals surface area contributed by atoms with E-state index in [0.717, 1.165) is 12.8 Å². The van der Waals surface area contributed by atoms with Gasteiger partial charge >= 0.3 is 0 Å². The van der Waals surface area contributed by atoms with Crippen molar-refractivity contribution in [3.63, 3.8) is 0 Å². The summed E-state index contributed by atoms with van der Waals surface area (Å²) >= 11 is 0. The Morgan fingerprint density at radius 2 is 1.68 bits per heavy atom. The van der Waals surface area contributed by atoms with E-state index < -0.39 is 10.0 Å². The number of sulfonamides is 1. The number of hydrogen-bond acceptors (Lipinski definition) is 8. The molecule has 0 aliphatic heterocycles. The molecule has 3 aromatic rings. The summed E-state index contributed by atoms with van der Waals surface area (Å²) in [6.07, 6.45) is 1.82.